The molecule has 0 spiro atoms. The van der Waals surface area contributed by atoms with Gasteiger partial charge in [-0.3, -0.25) is 0 Å². The maximum Gasteiger partial charge on any atom is 0.135 e. The topological polar surface area (TPSA) is 120 Å². The second kappa shape index (κ2) is 18.6. The van der Waals surface area contributed by atoms with E-state index in [1.165, 1.54) is 42.6 Å². The lowest BCUT2D eigenvalue weighted by atomic mass is 9.81. The van der Waals surface area contributed by atoms with Crippen molar-refractivity contribution in [3.05, 3.63) is 146 Å². The third kappa shape index (κ3) is 9.55. The fraction of sp³-hybridized carbons (Fsp3) is 0.200. The number of hydrogen-bond donors (Lipinski definition) is 3. The van der Waals surface area contributed by atoms with Gasteiger partial charge in [0.2, 0.25) is 0 Å². The minimum absolute atomic E-state index is 0.0267. The van der Waals surface area contributed by atoms with Crippen LogP contribution >= 0.6 is 15.9 Å². The van der Waals surface area contributed by atoms with E-state index >= 15 is 0 Å². The van der Waals surface area contributed by atoms with Gasteiger partial charge in [-0.2, -0.15) is 18.3 Å². The number of anilines is 1. The van der Waals surface area contributed by atoms with Crippen LogP contribution in [0.3, 0.4) is 0 Å². The van der Waals surface area contributed by atoms with Gasteiger partial charge in [0.05, 0.1) is 33.6 Å². The molecule has 0 saturated heterocycles. The van der Waals surface area contributed by atoms with E-state index in [2.05, 4.69) is 52.2 Å². The predicted octanol–water partition coefficient (Wildman–Crippen LogP) is 7.16. The number of H-pyrrole nitrogens is 2. The highest BCUT2D eigenvalue weighted by Crippen LogP contribution is 2.32. The molecule has 0 amide bonds. The van der Waals surface area contributed by atoms with Crippen molar-refractivity contribution in [1.82, 2.24) is 25.3 Å². The molecule has 0 unspecified atom stereocenters. The first kappa shape index (κ1) is 40.6. The number of nitrogens with one attached hydrogen (secondary N) is 3. The van der Waals surface area contributed by atoms with Gasteiger partial charge in [-0.15, -0.1) is 0 Å². The Morgan fingerprint density at radius 2 is 1.25 bits per heavy atom. The number of halogens is 5. The molecule has 0 atom stereocenters. The molecule has 4 aromatic heterocycles. The van der Waals surface area contributed by atoms with Crippen molar-refractivity contribution in [2.75, 3.05) is 18.0 Å². The molecule has 0 saturated carbocycles. The molecule has 2 aliphatic heterocycles. The lowest BCUT2D eigenvalue weighted by Gasteiger charge is -2.29. The zero-order chi connectivity index (χ0) is 39.6. The van der Waals surface area contributed by atoms with Gasteiger partial charge in [-0.1, -0.05) is 19.9 Å². The summed E-state index contributed by atoms with van der Waals surface area (Å²) in [5.41, 5.74) is 8.18. The van der Waals surface area contributed by atoms with E-state index < -0.39 is 23.3 Å². The molecule has 0 aliphatic carbocycles. The van der Waals surface area contributed by atoms with Gasteiger partial charge in [0, 0.05) is 62.8 Å². The maximum absolute atomic E-state index is 14.1. The number of hydrogen-bond acceptors (Lipinski definition) is 6. The van der Waals surface area contributed by atoms with Gasteiger partial charge in [-0.25, -0.2) is 27.5 Å². The summed E-state index contributed by atoms with van der Waals surface area (Å²) < 4.78 is 56.2. The Morgan fingerprint density at radius 1 is 0.745 bits per heavy atom. The van der Waals surface area contributed by atoms with Gasteiger partial charge in [0.1, 0.15) is 45.8 Å². The van der Waals surface area contributed by atoms with Crippen LogP contribution < -0.4 is 10.2 Å². The number of nitrogens with zero attached hydrogens (tertiary/aromatic N) is 5. The molecule has 8 rings (SSSR count). The van der Waals surface area contributed by atoms with E-state index in [0.29, 0.717) is 29.1 Å². The summed E-state index contributed by atoms with van der Waals surface area (Å²) in [6.45, 7) is 6.82. The average Bonchev–Trinajstić information content (AvgIpc) is 3.81. The van der Waals surface area contributed by atoms with Gasteiger partial charge in [0.25, 0.3) is 0 Å². The molecule has 0 fully saturated rings. The predicted molar refractivity (Wildman–Crippen MR) is 213 cm³/mol. The molecule has 6 heterocycles. The first-order valence-corrected chi connectivity index (χ1v) is 17.5. The third-order valence-electron chi connectivity index (χ3n) is 8.93. The van der Waals surface area contributed by atoms with E-state index in [1.807, 2.05) is 38.1 Å². The van der Waals surface area contributed by atoms with Gasteiger partial charge in [0.15, 0.2) is 0 Å². The monoisotopic (exact) mass is 805 g/mol. The average molecular weight is 806 g/mol. The minimum Gasteiger partial charge on any atom is -0.358 e. The van der Waals surface area contributed by atoms with E-state index in [1.54, 1.807) is 12.3 Å². The largest absolute Gasteiger partial charge is 0.358 e. The zero-order valence-electron chi connectivity index (χ0n) is 29.4. The Labute approximate surface area is 327 Å². The summed E-state index contributed by atoms with van der Waals surface area (Å²) in [7, 11) is 5.00. The van der Waals surface area contributed by atoms with Crippen LogP contribution in [0.25, 0.3) is 22.5 Å². The number of benzene rings is 2. The molecular formula is C40H36B2BrF4N8-. The van der Waals surface area contributed by atoms with E-state index in [0.717, 1.165) is 76.5 Å². The Bertz CT molecular complexity index is 2320. The summed E-state index contributed by atoms with van der Waals surface area (Å²) >= 11 is 3.24. The fourth-order valence-electron chi connectivity index (χ4n) is 6.33. The highest BCUT2D eigenvalue weighted by molar-refractivity contribution is 9.10. The van der Waals surface area contributed by atoms with Crippen molar-refractivity contribution in [3.63, 3.8) is 0 Å². The molecular weight excluding hydrogens is 770 g/mol. The number of aryl methyl sites for hydroxylation is 2. The van der Waals surface area contributed by atoms with E-state index in [9.17, 15) is 17.6 Å². The van der Waals surface area contributed by atoms with E-state index in [-0.39, 0.29) is 18.9 Å². The molecule has 55 heavy (non-hydrogen) atoms. The smallest absolute Gasteiger partial charge is 0.135 e. The van der Waals surface area contributed by atoms with Crippen molar-refractivity contribution in [3.8, 4) is 34.7 Å². The second-order valence-corrected chi connectivity index (χ2v) is 13.3. The Kier molecular flexibility index (Phi) is 13.7. The molecule has 2 radical (unpaired) electrons. The molecule has 0 bridgehead atoms. The molecule has 2 aromatic carbocycles. The number of aromatic nitrogens is 4. The van der Waals surface area contributed by atoms with Crippen LogP contribution in [0, 0.1) is 59.8 Å². The van der Waals surface area contributed by atoms with Gasteiger partial charge < -0.3 is 20.2 Å². The van der Waals surface area contributed by atoms with Crippen LogP contribution in [0.15, 0.2) is 77.7 Å². The maximum atomic E-state index is 14.1. The lowest BCUT2D eigenvalue weighted by molar-refractivity contribution is 0.588. The quantitative estimate of drug-likeness (QED) is 0.0993. The minimum atomic E-state index is -0.579. The van der Waals surface area contributed by atoms with Crippen molar-refractivity contribution in [1.29, 1.82) is 10.5 Å². The number of fused-ring (bicyclic) bond motifs is 2. The SMILES string of the molecule is Cc1cc(C#N)cnc1Br.Cc1cc(C#N)cnc1N1CCc2[nH]c(-c3c(F)cccc3F)cc2C1.Fc1cccc(F)c1-c1cc2c([nH]1)CCNC2.[B][BH3-]. The van der Waals surface area contributed by atoms with Crippen molar-refractivity contribution in [2.45, 2.75) is 39.8 Å². The van der Waals surface area contributed by atoms with Crippen LogP contribution in [0.4, 0.5) is 23.4 Å². The van der Waals surface area contributed by atoms with Crippen LogP contribution in [0.1, 0.15) is 44.8 Å². The number of rotatable bonds is 3. The van der Waals surface area contributed by atoms with Gasteiger partial charge >= 0.3 is 0 Å². The number of nitriles is 2. The molecule has 8 nitrogen and oxygen atoms in total. The molecule has 278 valence electrons. The summed E-state index contributed by atoms with van der Waals surface area (Å²) in [6.07, 6.45) is 4.70. The zero-order valence-corrected chi connectivity index (χ0v) is 31.0. The highest BCUT2D eigenvalue weighted by atomic mass is 79.9. The Morgan fingerprint density at radius 3 is 1.76 bits per heavy atom. The van der Waals surface area contributed by atoms with Crippen LogP contribution in [-0.4, -0.2) is 48.5 Å². The number of aromatic amines is 2. The summed E-state index contributed by atoms with van der Waals surface area (Å²) in [5, 5.41) is 20.7. The highest BCUT2D eigenvalue weighted by Gasteiger charge is 2.23. The molecule has 2 aliphatic rings. The molecule has 3 N–H and O–H groups in total. The van der Waals surface area contributed by atoms with Crippen LogP contribution in [-0.2, 0) is 25.9 Å². The van der Waals surface area contributed by atoms with Crippen LogP contribution in [0.2, 0.25) is 0 Å². The van der Waals surface area contributed by atoms with Crippen molar-refractivity contribution in [2.24, 2.45) is 0 Å². The summed E-state index contributed by atoms with van der Waals surface area (Å²) in [6, 6.07) is 19.1. The fourth-order valence-corrected chi connectivity index (χ4v) is 6.55. The second-order valence-electron chi connectivity index (χ2n) is 12.6. The Hall–Kier alpha value is -5.63. The first-order valence-electron chi connectivity index (χ1n) is 16.7. The standard InChI is InChI=1S/C20H16F2N4.C13H12F2N2.C7H5BrN2.B2H3/c1-12-7-13(9-23)10-24-20(12)26-6-5-17-14(11-26)8-18(25-17)19-15(21)3-2-4-16(19)22;14-9-2-1-3-10(15)13(9)12-6-8-7-16-5-4-11(8)17-12;1-5-2-6(3-9)4-10-7(5)8;1-2/h2-4,7-8,10,25H,5-6,11H2,1H3;1-3,6,16-17H,4-5,7H2;2,4H,1H3;1H3/q;;;-1. The Balaban J connectivity index is 0.000000171. The van der Waals surface area contributed by atoms with Crippen LogP contribution in [0.5, 0.6) is 0 Å². The summed E-state index contributed by atoms with van der Waals surface area (Å²) in [5.74, 6) is -1.39. The van der Waals surface area contributed by atoms with E-state index in [4.69, 9.17) is 18.3 Å². The normalized spacial score (nSPS) is 12.6. The van der Waals surface area contributed by atoms with Crippen molar-refractivity contribution >= 4 is 37.2 Å². The molecule has 6 aromatic rings. The first-order chi connectivity index (χ1) is 26.6. The third-order valence-corrected chi connectivity index (χ3v) is 9.76. The molecule has 15 heteroatoms. The van der Waals surface area contributed by atoms with Gasteiger partial charge in [-0.05, 0) is 101 Å². The number of pyridine rings is 2. The summed E-state index contributed by atoms with van der Waals surface area (Å²) in [4.78, 5) is 16.8. The lowest BCUT2D eigenvalue weighted by Crippen LogP contribution is -2.31. The van der Waals surface area contributed by atoms with Crippen molar-refractivity contribution < 1.29 is 17.6 Å².